The molecule has 136 valence electrons. The Kier molecular flexibility index (Phi) is 4.86. The van der Waals surface area contributed by atoms with Crippen molar-refractivity contribution in [2.24, 2.45) is 0 Å². The van der Waals surface area contributed by atoms with Crippen molar-refractivity contribution in [2.75, 3.05) is 12.4 Å². The Labute approximate surface area is 169 Å². The monoisotopic (exact) mass is 414 g/mol. The van der Waals surface area contributed by atoms with E-state index in [1.165, 1.54) is 22.7 Å². The molecule has 0 saturated heterocycles. The number of nitrogens with one attached hydrogen (secondary N) is 1. The maximum Gasteiger partial charge on any atom is 0.269 e. The molecule has 0 atom stereocenters. The molecule has 0 bridgehead atoms. The van der Waals surface area contributed by atoms with E-state index in [9.17, 15) is 4.79 Å². The van der Waals surface area contributed by atoms with Gasteiger partial charge in [0.1, 0.15) is 10.6 Å². The van der Waals surface area contributed by atoms with Gasteiger partial charge in [-0.1, -0.05) is 29.8 Å². The highest BCUT2D eigenvalue weighted by molar-refractivity contribution is 7.21. The Morgan fingerprint density at radius 3 is 2.78 bits per heavy atom. The number of carbonyl (C=O) groups excluding carboxylic acids is 1. The zero-order valence-corrected chi connectivity index (χ0v) is 17.0. The zero-order valence-electron chi connectivity index (χ0n) is 14.6. The number of nitrogens with zero attached hydrogens (tertiary/aromatic N) is 1. The summed E-state index contributed by atoms with van der Waals surface area (Å²) in [5.74, 6) is 0.593. The first-order chi connectivity index (χ1) is 13.1. The van der Waals surface area contributed by atoms with Crippen LogP contribution in [0.2, 0.25) is 5.02 Å². The van der Waals surface area contributed by atoms with E-state index in [2.05, 4.69) is 10.3 Å². The summed E-state index contributed by atoms with van der Waals surface area (Å²) < 4.78 is 6.28. The van der Waals surface area contributed by atoms with Crippen molar-refractivity contribution >= 4 is 55.4 Å². The summed E-state index contributed by atoms with van der Waals surface area (Å²) in [4.78, 5) is 17.7. The average Bonchev–Trinajstić information content (AvgIpc) is 3.27. The number of halogens is 1. The van der Waals surface area contributed by atoms with Gasteiger partial charge in [-0.05, 0) is 36.8 Å². The third kappa shape index (κ3) is 3.43. The fourth-order valence-corrected chi connectivity index (χ4v) is 4.94. The van der Waals surface area contributed by atoms with Gasteiger partial charge in [-0.15, -0.1) is 22.7 Å². The lowest BCUT2D eigenvalue weighted by atomic mass is 10.1. The predicted octanol–water partition coefficient (Wildman–Crippen LogP) is 6.25. The lowest BCUT2D eigenvalue weighted by Gasteiger charge is -2.05. The number of methoxy groups -OCH3 is 1. The molecule has 0 aliphatic heterocycles. The van der Waals surface area contributed by atoms with E-state index in [0.29, 0.717) is 15.0 Å². The summed E-state index contributed by atoms with van der Waals surface area (Å²) in [6.45, 7) is 1.99. The molecule has 2 aromatic heterocycles. The van der Waals surface area contributed by atoms with Crippen LogP contribution in [0.5, 0.6) is 5.75 Å². The third-order valence-electron chi connectivity index (χ3n) is 4.16. The first-order valence-electron chi connectivity index (χ1n) is 8.15. The van der Waals surface area contributed by atoms with Gasteiger partial charge in [-0.3, -0.25) is 10.1 Å². The predicted molar refractivity (Wildman–Crippen MR) is 114 cm³/mol. The number of thiophene rings is 1. The van der Waals surface area contributed by atoms with Crippen LogP contribution in [0.25, 0.3) is 21.3 Å². The molecule has 0 radical (unpaired) electrons. The number of benzene rings is 2. The third-order valence-corrected chi connectivity index (χ3v) is 6.59. The standard InChI is InChI=1S/C20H15ClN2O2S2/c1-11-9-12(7-8-15(11)25-2)14-10-26-20(22-14)23-19(24)18-17(21)13-5-3-4-6-16(13)27-18/h3-10H,1-2H3,(H,22,23,24). The number of anilines is 1. The maximum absolute atomic E-state index is 12.7. The zero-order chi connectivity index (χ0) is 19.0. The molecule has 27 heavy (non-hydrogen) atoms. The van der Waals surface area contributed by atoms with Crippen molar-refractivity contribution < 1.29 is 9.53 Å². The van der Waals surface area contributed by atoms with Crippen LogP contribution in [-0.4, -0.2) is 18.0 Å². The molecule has 0 unspecified atom stereocenters. The van der Waals surface area contributed by atoms with E-state index in [0.717, 1.165) is 32.7 Å². The minimum atomic E-state index is -0.243. The number of thiazole rings is 1. The van der Waals surface area contributed by atoms with Crippen LogP contribution in [0.15, 0.2) is 47.8 Å². The second kappa shape index (κ2) is 7.31. The van der Waals surface area contributed by atoms with Gasteiger partial charge in [-0.2, -0.15) is 0 Å². The molecular formula is C20H15ClN2O2S2. The van der Waals surface area contributed by atoms with Gasteiger partial charge in [0.2, 0.25) is 0 Å². The Morgan fingerprint density at radius 2 is 2.04 bits per heavy atom. The fourth-order valence-electron chi connectivity index (χ4n) is 2.82. The van der Waals surface area contributed by atoms with Crippen molar-refractivity contribution in [3.05, 3.63) is 63.3 Å². The van der Waals surface area contributed by atoms with Gasteiger partial charge in [-0.25, -0.2) is 4.98 Å². The Hall–Kier alpha value is -2.41. The quantitative estimate of drug-likeness (QED) is 0.429. The minimum absolute atomic E-state index is 0.243. The molecule has 0 fully saturated rings. The minimum Gasteiger partial charge on any atom is -0.496 e. The molecule has 1 N–H and O–H groups in total. The normalized spacial score (nSPS) is 10.9. The van der Waals surface area contributed by atoms with Crippen LogP contribution in [0.4, 0.5) is 5.13 Å². The molecule has 1 amide bonds. The largest absolute Gasteiger partial charge is 0.496 e. The van der Waals surface area contributed by atoms with Gasteiger partial charge in [0.05, 0.1) is 17.8 Å². The van der Waals surface area contributed by atoms with Crippen molar-refractivity contribution in [3.8, 4) is 17.0 Å². The fraction of sp³-hybridized carbons (Fsp3) is 0.100. The van der Waals surface area contributed by atoms with E-state index in [1.54, 1.807) is 7.11 Å². The van der Waals surface area contributed by atoms with Crippen molar-refractivity contribution in [1.29, 1.82) is 0 Å². The summed E-state index contributed by atoms with van der Waals surface area (Å²) in [5, 5.41) is 6.69. The van der Waals surface area contributed by atoms with Crippen LogP contribution in [0.1, 0.15) is 15.2 Å². The Bertz CT molecular complexity index is 1150. The van der Waals surface area contributed by atoms with Crippen LogP contribution < -0.4 is 10.1 Å². The van der Waals surface area contributed by atoms with Gasteiger partial charge >= 0.3 is 0 Å². The number of hydrogen-bond acceptors (Lipinski definition) is 5. The Balaban J connectivity index is 1.57. The average molecular weight is 415 g/mol. The van der Waals surface area contributed by atoms with E-state index in [-0.39, 0.29) is 5.91 Å². The van der Waals surface area contributed by atoms with Crippen LogP contribution in [0, 0.1) is 6.92 Å². The van der Waals surface area contributed by atoms with Crippen molar-refractivity contribution in [1.82, 2.24) is 4.98 Å². The van der Waals surface area contributed by atoms with E-state index in [1.807, 2.05) is 54.8 Å². The summed E-state index contributed by atoms with van der Waals surface area (Å²) in [6, 6.07) is 13.6. The number of aromatic nitrogens is 1. The second-order valence-corrected chi connectivity index (χ2v) is 8.21. The number of fused-ring (bicyclic) bond motifs is 1. The molecule has 0 saturated carbocycles. The topological polar surface area (TPSA) is 51.2 Å². The smallest absolute Gasteiger partial charge is 0.269 e. The molecule has 2 heterocycles. The summed E-state index contributed by atoms with van der Waals surface area (Å²) in [5.41, 5.74) is 2.82. The molecule has 2 aromatic carbocycles. The molecule has 0 aliphatic carbocycles. The lowest BCUT2D eigenvalue weighted by molar-refractivity contribution is 0.103. The van der Waals surface area contributed by atoms with Gasteiger partial charge in [0.15, 0.2) is 5.13 Å². The number of amides is 1. The first-order valence-corrected chi connectivity index (χ1v) is 10.2. The summed E-state index contributed by atoms with van der Waals surface area (Å²) >= 11 is 9.15. The number of rotatable bonds is 4. The molecule has 0 spiro atoms. The molecule has 0 aliphatic rings. The molecule has 7 heteroatoms. The van der Waals surface area contributed by atoms with E-state index < -0.39 is 0 Å². The van der Waals surface area contributed by atoms with Gasteiger partial charge < -0.3 is 4.74 Å². The van der Waals surface area contributed by atoms with Crippen molar-refractivity contribution in [3.63, 3.8) is 0 Å². The SMILES string of the molecule is COc1ccc(-c2csc(NC(=O)c3sc4ccccc4c3Cl)n2)cc1C. The maximum atomic E-state index is 12.7. The highest BCUT2D eigenvalue weighted by atomic mass is 35.5. The van der Waals surface area contributed by atoms with E-state index >= 15 is 0 Å². The second-order valence-electron chi connectivity index (χ2n) is 5.92. The first kappa shape index (κ1) is 18.0. The molecule has 4 nitrogen and oxygen atoms in total. The summed E-state index contributed by atoms with van der Waals surface area (Å²) in [7, 11) is 1.65. The highest BCUT2D eigenvalue weighted by Crippen LogP contribution is 2.36. The number of aryl methyl sites for hydroxylation is 1. The number of hydrogen-bond donors (Lipinski definition) is 1. The van der Waals surface area contributed by atoms with Crippen LogP contribution in [-0.2, 0) is 0 Å². The molecule has 4 rings (SSSR count). The van der Waals surface area contributed by atoms with Gasteiger partial charge in [0.25, 0.3) is 5.91 Å². The van der Waals surface area contributed by atoms with Gasteiger partial charge in [0, 0.05) is 21.0 Å². The Morgan fingerprint density at radius 1 is 1.22 bits per heavy atom. The number of ether oxygens (including phenoxy) is 1. The lowest BCUT2D eigenvalue weighted by Crippen LogP contribution is -2.10. The van der Waals surface area contributed by atoms with Crippen molar-refractivity contribution in [2.45, 2.75) is 6.92 Å². The molecule has 4 aromatic rings. The van der Waals surface area contributed by atoms with E-state index in [4.69, 9.17) is 16.3 Å². The number of carbonyl (C=O) groups is 1. The van der Waals surface area contributed by atoms with Crippen LogP contribution in [0.3, 0.4) is 0 Å². The molecular weight excluding hydrogens is 400 g/mol. The van der Waals surface area contributed by atoms with Crippen LogP contribution >= 0.6 is 34.3 Å². The highest BCUT2D eigenvalue weighted by Gasteiger charge is 2.18. The summed E-state index contributed by atoms with van der Waals surface area (Å²) in [6.07, 6.45) is 0.